The zero-order valence-electron chi connectivity index (χ0n) is 14.2. The molecule has 7 heteroatoms. The summed E-state index contributed by atoms with van der Waals surface area (Å²) in [6.45, 7) is 5.11. The van der Waals surface area contributed by atoms with Crippen LogP contribution in [0.25, 0.3) is 10.9 Å². The molecule has 0 saturated heterocycles. The van der Waals surface area contributed by atoms with Crippen molar-refractivity contribution in [2.45, 2.75) is 38.8 Å². The molecule has 0 aliphatic rings. The number of hydrogen-bond acceptors (Lipinski definition) is 5. The molecule has 0 fully saturated rings. The van der Waals surface area contributed by atoms with Crippen LogP contribution in [-0.4, -0.2) is 33.8 Å². The minimum absolute atomic E-state index is 0.102. The predicted molar refractivity (Wildman–Crippen MR) is 91.0 cm³/mol. The maximum absolute atomic E-state index is 11.8. The van der Waals surface area contributed by atoms with Gasteiger partial charge in [0.1, 0.15) is 23.4 Å². The molecule has 25 heavy (non-hydrogen) atoms. The number of hydrogen-bond donors (Lipinski definition) is 2. The Kier molecular flexibility index (Phi) is 5.22. The monoisotopic (exact) mass is 341 g/mol. The van der Waals surface area contributed by atoms with E-state index in [0.29, 0.717) is 11.2 Å². The summed E-state index contributed by atoms with van der Waals surface area (Å²) in [4.78, 5) is 27.4. The number of carbonyl (C=O) groups excluding carboxylic acids is 1. The van der Waals surface area contributed by atoms with Gasteiger partial charge >= 0.3 is 12.1 Å². The Balaban J connectivity index is 2.16. The Morgan fingerprint density at radius 1 is 1.32 bits per heavy atom. The van der Waals surface area contributed by atoms with Gasteiger partial charge in [-0.2, -0.15) is 5.26 Å². The molecule has 0 bridgehead atoms. The molecule has 7 nitrogen and oxygen atoms in total. The number of ether oxygens (including phenoxy) is 1. The lowest BCUT2D eigenvalue weighted by Gasteiger charge is -2.22. The van der Waals surface area contributed by atoms with E-state index in [1.165, 1.54) is 0 Å². The lowest BCUT2D eigenvalue weighted by atomic mass is 10.0. The summed E-state index contributed by atoms with van der Waals surface area (Å²) in [5.41, 5.74) is 0.979. The zero-order chi connectivity index (χ0) is 18.6. The standard InChI is InChI=1S/C18H19N3O4/c1-18(2,3)25-17(24)21-15(16(22)23)9-11-4-7-14-12(8-11)5-6-13(10-19)20-14/h4-8,15H,9H2,1-3H3,(H,21,24)(H,22,23). The number of benzene rings is 1. The fourth-order valence-electron chi connectivity index (χ4n) is 2.25. The third-order valence-corrected chi connectivity index (χ3v) is 3.30. The molecule has 1 atom stereocenters. The van der Waals surface area contributed by atoms with E-state index in [-0.39, 0.29) is 6.42 Å². The highest BCUT2D eigenvalue weighted by Crippen LogP contribution is 2.16. The molecule has 1 aromatic carbocycles. The first-order valence-electron chi connectivity index (χ1n) is 7.70. The maximum atomic E-state index is 11.8. The van der Waals surface area contributed by atoms with Gasteiger partial charge in [-0.25, -0.2) is 14.6 Å². The highest BCUT2D eigenvalue weighted by Gasteiger charge is 2.24. The number of carboxylic acids is 1. The van der Waals surface area contributed by atoms with Crippen LogP contribution < -0.4 is 5.32 Å². The van der Waals surface area contributed by atoms with Crippen molar-refractivity contribution in [3.05, 3.63) is 41.6 Å². The van der Waals surface area contributed by atoms with Crippen molar-refractivity contribution in [2.75, 3.05) is 0 Å². The summed E-state index contributed by atoms with van der Waals surface area (Å²) in [7, 11) is 0. The average molecular weight is 341 g/mol. The van der Waals surface area contributed by atoms with Gasteiger partial charge in [0.05, 0.1) is 5.52 Å². The van der Waals surface area contributed by atoms with E-state index in [4.69, 9.17) is 10.00 Å². The lowest BCUT2D eigenvalue weighted by molar-refractivity contribution is -0.139. The molecule has 2 rings (SSSR count). The van der Waals surface area contributed by atoms with Crippen LogP contribution in [-0.2, 0) is 16.0 Å². The molecule has 0 aliphatic heterocycles. The summed E-state index contributed by atoms with van der Waals surface area (Å²) < 4.78 is 5.10. The Labute approximate surface area is 145 Å². The fraction of sp³-hybridized carbons (Fsp3) is 0.333. The summed E-state index contributed by atoms with van der Waals surface area (Å²) in [5.74, 6) is -1.15. The zero-order valence-corrected chi connectivity index (χ0v) is 14.2. The Morgan fingerprint density at radius 3 is 2.64 bits per heavy atom. The first-order chi connectivity index (χ1) is 11.7. The number of aliphatic carboxylic acids is 1. The minimum atomic E-state index is -1.15. The second kappa shape index (κ2) is 7.18. The Bertz CT molecular complexity index is 850. The average Bonchev–Trinajstić information content (AvgIpc) is 2.51. The molecule has 1 aromatic heterocycles. The number of pyridine rings is 1. The molecule has 0 aliphatic carbocycles. The molecule has 1 amide bonds. The normalized spacial score (nSPS) is 12.2. The number of carboxylic acid groups (broad SMARTS) is 1. The SMILES string of the molecule is CC(C)(C)OC(=O)NC(Cc1ccc2nc(C#N)ccc2c1)C(=O)O. The van der Waals surface area contributed by atoms with Crippen LogP contribution in [0.1, 0.15) is 32.0 Å². The van der Waals surface area contributed by atoms with Crippen LogP contribution in [0.2, 0.25) is 0 Å². The third kappa shape index (κ3) is 5.18. The fourth-order valence-corrected chi connectivity index (χ4v) is 2.25. The Morgan fingerprint density at radius 2 is 2.04 bits per heavy atom. The predicted octanol–water partition coefficient (Wildman–Crippen LogP) is 2.63. The number of fused-ring (bicyclic) bond motifs is 1. The highest BCUT2D eigenvalue weighted by atomic mass is 16.6. The summed E-state index contributed by atoms with van der Waals surface area (Å²) >= 11 is 0. The first kappa shape index (κ1) is 18.2. The van der Waals surface area contributed by atoms with E-state index in [2.05, 4.69) is 10.3 Å². The molecule has 1 unspecified atom stereocenters. The minimum Gasteiger partial charge on any atom is -0.480 e. The molecule has 2 N–H and O–H groups in total. The third-order valence-electron chi connectivity index (χ3n) is 3.30. The van der Waals surface area contributed by atoms with Crippen molar-refractivity contribution in [3.8, 4) is 6.07 Å². The number of nitrogens with one attached hydrogen (secondary N) is 1. The quantitative estimate of drug-likeness (QED) is 0.884. The van der Waals surface area contributed by atoms with Gasteiger partial charge in [-0.1, -0.05) is 6.07 Å². The second-order valence-electron chi connectivity index (χ2n) is 6.58. The van der Waals surface area contributed by atoms with Gasteiger partial charge in [-0.05, 0) is 50.6 Å². The number of aromatic nitrogens is 1. The van der Waals surface area contributed by atoms with Crippen LogP contribution in [0.4, 0.5) is 4.79 Å². The number of alkyl carbamates (subject to hydrolysis) is 1. The lowest BCUT2D eigenvalue weighted by Crippen LogP contribution is -2.44. The van der Waals surface area contributed by atoms with Crippen molar-refractivity contribution in [1.82, 2.24) is 10.3 Å². The van der Waals surface area contributed by atoms with E-state index in [0.717, 1.165) is 10.9 Å². The van der Waals surface area contributed by atoms with Gasteiger partial charge in [0.2, 0.25) is 0 Å². The van der Waals surface area contributed by atoms with Crippen LogP contribution in [0.3, 0.4) is 0 Å². The number of nitrogens with zero attached hydrogens (tertiary/aromatic N) is 2. The van der Waals surface area contributed by atoms with E-state index in [1.54, 1.807) is 51.1 Å². The Hall–Kier alpha value is -3.14. The van der Waals surface area contributed by atoms with Gasteiger partial charge in [-0.3, -0.25) is 0 Å². The van der Waals surface area contributed by atoms with E-state index in [1.807, 2.05) is 6.07 Å². The van der Waals surface area contributed by atoms with Crippen molar-refractivity contribution >= 4 is 23.0 Å². The largest absolute Gasteiger partial charge is 0.480 e. The summed E-state index contributed by atoms with van der Waals surface area (Å²) in [5, 5.41) is 21.4. The van der Waals surface area contributed by atoms with Gasteiger partial charge < -0.3 is 15.2 Å². The smallest absolute Gasteiger partial charge is 0.408 e. The van der Waals surface area contributed by atoms with Crippen molar-refractivity contribution in [3.63, 3.8) is 0 Å². The van der Waals surface area contributed by atoms with E-state index in [9.17, 15) is 14.7 Å². The molecule has 130 valence electrons. The molecule has 0 spiro atoms. The van der Waals surface area contributed by atoms with Crippen molar-refractivity contribution in [1.29, 1.82) is 5.26 Å². The molecule has 1 heterocycles. The van der Waals surface area contributed by atoms with E-state index < -0.39 is 23.7 Å². The van der Waals surface area contributed by atoms with Gasteiger partial charge in [-0.15, -0.1) is 0 Å². The van der Waals surface area contributed by atoms with Crippen LogP contribution in [0.5, 0.6) is 0 Å². The molecule has 0 saturated carbocycles. The van der Waals surface area contributed by atoms with Crippen LogP contribution in [0.15, 0.2) is 30.3 Å². The van der Waals surface area contributed by atoms with Gasteiger partial charge in [0, 0.05) is 11.8 Å². The second-order valence-corrected chi connectivity index (χ2v) is 6.58. The number of amides is 1. The molecular formula is C18H19N3O4. The summed E-state index contributed by atoms with van der Waals surface area (Å²) in [6, 6.07) is 9.44. The van der Waals surface area contributed by atoms with Crippen molar-refractivity contribution in [2.24, 2.45) is 0 Å². The van der Waals surface area contributed by atoms with Crippen molar-refractivity contribution < 1.29 is 19.4 Å². The number of carbonyl (C=O) groups is 2. The highest BCUT2D eigenvalue weighted by molar-refractivity contribution is 5.82. The molecule has 0 radical (unpaired) electrons. The van der Waals surface area contributed by atoms with Gasteiger partial charge in [0.15, 0.2) is 0 Å². The van der Waals surface area contributed by atoms with Gasteiger partial charge in [0.25, 0.3) is 0 Å². The maximum Gasteiger partial charge on any atom is 0.408 e. The number of rotatable bonds is 4. The topological polar surface area (TPSA) is 112 Å². The van der Waals surface area contributed by atoms with E-state index >= 15 is 0 Å². The summed E-state index contributed by atoms with van der Waals surface area (Å²) in [6.07, 6.45) is -0.675. The first-order valence-corrected chi connectivity index (χ1v) is 7.70. The molecule has 2 aromatic rings. The van der Waals surface area contributed by atoms with Crippen LogP contribution >= 0.6 is 0 Å². The number of nitriles is 1. The van der Waals surface area contributed by atoms with Crippen LogP contribution in [0, 0.1) is 11.3 Å². The molecular weight excluding hydrogens is 322 g/mol.